The number of nitrogens with zero attached hydrogens (tertiary/aromatic N) is 1. The van der Waals surface area contributed by atoms with E-state index in [2.05, 4.69) is 15.9 Å². The molecule has 0 aliphatic rings. The van der Waals surface area contributed by atoms with Crippen LogP contribution >= 0.6 is 15.9 Å². The summed E-state index contributed by atoms with van der Waals surface area (Å²) in [5.41, 5.74) is 0.721. The molecule has 1 rings (SSSR count). The maximum atomic E-state index is 11.8. The summed E-state index contributed by atoms with van der Waals surface area (Å²) < 4.78 is 5.67. The number of aliphatic carboxylic acids is 1. The molecule has 1 amide bonds. The summed E-state index contributed by atoms with van der Waals surface area (Å²) >= 11 is 3.13. The van der Waals surface area contributed by atoms with E-state index in [1.807, 2.05) is 0 Å². The highest BCUT2D eigenvalue weighted by atomic mass is 79.9. The van der Waals surface area contributed by atoms with E-state index in [0.29, 0.717) is 4.67 Å². The molecule has 5 nitrogen and oxygen atoms in total. The molecule has 0 aromatic carbocycles. The number of amides is 1. The van der Waals surface area contributed by atoms with Crippen LogP contribution in [0.4, 0.5) is 0 Å². The number of halogens is 1. The number of carbonyl (C=O) groups is 2. The third-order valence-corrected chi connectivity index (χ3v) is 2.48. The van der Waals surface area contributed by atoms with Crippen LogP contribution in [0.5, 0.6) is 0 Å². The van der Waals surface area contributed by atoms with Crippen molar-refractivity contribution in [3.05, 3.63) is 22.1 Å². The van der Waals surface area contributed by atoms with E-state index in [4.69, 9.17) is 9.52 Å². The van der Waals surface area contributed by atoms with Gasteiger partial charge in [-0.25, -0.2) is 0 Å². The first kappa shape index (κ1) is 12.8. The van der Waals surface area contributed by atoms with Gasteiger partial charge in [0.25, 0.3) is 5.91 Å². The van der Waals surface area contributed by atoms with Gasteiger partial charge in [0.05, 0.1) is 6.42 Å². The summed E-state index contributed by atoms with van der Waals surface area (Å²) in [6.07, 6.45) is -0.0802. The molecule has 88 valence electrons. The van der Waals surface area contributed by atoms with Crippen LogP contribution in [0.2, 0.25) is 0 Å². The molecule has 6 heteroatoms. The Morgan fingerprint density at radius 2 is 2.19 bits per heavy atom. The highest BCUT2D eigenvalue weighted by Crippen LogP contribution is 2.20. The summed E-state index contributed by atoms with van der Waals surface area (Å²) in [4.78, 5) is 23.5. The predicted octanol–water partition coefficient (Wildman–Crippen LogP) is 1.90. The first-order valence-corrected chi connectivity index (χ1v) is 5.44. The Kier molecular flexibility index (Phi) is 4.12. The minimum atomic E-state index is -0.933. The molecule has 0 spiro atoms. The van der Waals surface area contributed by atoms with Crippen molar-refractivity contribution in [3.8, 4) is 0 Å². The van der Waals surface area contributed by atoms with Crippen LogP contribution in [0.25, 0.3) is 0 Å². The Hall–Kier alpha value is -1.30. The number of rotatable bonds is 4. The van der Waals surface area contributed by atoms with Crippen molar-refractivity contribution >= 4 is 27.8 Å². The highest BCUT2D eigenvalue weighted by Gasteiger charge is 2.19. The van der Waals surface area contributed by atoms with Crippen LogP contribution < -0.4 is 0 Å². The second-order valence-electron chi connectivity index (χ2n) is 3.43. The van der Waals surface area contributed by atoms with Crippen LogP contribution in [0.3, 0.4) is 0 Å². The van der Waals surface area contributed by atoms with Gasteiger partial charge in [-0.15, -0.1) is 0 Å². The van der Waals surface area contributed by atoms with Crippen LogP contribution in [0.1, 0.15) is 22.5 Å². The number of carbonyl (C=O) groups excluding carboxylic acids is 1. The number of hydrogen-bond donors (Lipinski definition) is 1. The van der Waals surface area contributed by atoms with Crippen molar-refractivity contribution in [2.45, 2.75) is 13.3 Å². The van der Waals surface area contributed by atoms with Gasteiger partial charge in [-0.05, 0) is 28.9 Å². The Bertz CT molecular complexity index is 413. The van der Waals surface area contributed by atoms with E-state index in [1.165, 1.54) is 4.90 Å². The van der Waals surface area contributed by atoms with Crippen molar-refractivity contribution in [2.24, 2.45) is 0 Å². The third kappa shape index (κ3) is 3.10. The monoisotopic (exact) mass is 289 g/mol. The van der Waals surface area contributed by atoms with Gasteiger partial charge < -0.3 is 14.4 Å². The van der Waals surface area contributed by atoms with Gasteiger partial charge >= 0.3 is 5.97 Å². The van der Waals surface area contributed by atoms with Crippen molar-refractivity contribution in [1.82, 2.24) is 4.90 Å². The molecule has 0 aliphatic carbocycles. The maximum Gasteiger partial charge on any atom is 0.305 e. The molecule has 0 aliphatic heterocycles. The van der Waals surface area contributed by atoms with Gasteiger partial charge in [0.2, 0.25) is 0 Å². The third-order valence-electron chi connectivity index (χ3n) is 2.09. The first-order valence-electron chi connectivity index (χ1n) is 4.65. The lowest BCUT2D eigenvalue weighted by molar-refractivity contribution is -0.137. The smallest absolute Gasteiger partial charge is 0.305 e. The lowest BCUT2D eigenvalue weighted by Gasteiger charge is -2.14. The van der Waals surface area contributed by atoms with Crippen molar-refractivity contribution in [2.75, 3.05) is 13.6 Å². The van der Waals surface area contributed by atoms with Crippen molar-refractivity contribution in [3.63, 3.8) is 0 Å². The molecule has 0 fully saturated rings. The average molecular weight is 290 g/mol. The Morgan fingerprint density at radius 1 is 1.56 bits per heavy atom. The molecule has 0 unspecified atom stereocenters. The van der Waals surface area contributed by atoms with E-state index in [1.54, 1.807) is 20.0 Å². The molecule has 0 saturated carbocycles. The molecule has 16 heavy (non-hydrogen) atoms. The van der Waals surface area contributed by atoms with E-state index < -0.39 is 5.97 Å². The van der Waals surface area contributed by atoms with Crippen LogP contribution in [0.15, 0.2) is 15.2 Å². The van der Waals surface area contributed by atoms with Gasteiger partial charge in [-0.1, -0.05) is 0 Å². The number of carboxylic acids is 1. The van der Waals surface area contributed by atoms with Crippen molar-refractivity contribution in [1.29, 1.82) is 0 Å². The lowest BCUT2D eigenvalue weighted by atomic mass is 10.2. The van der Waals surface area contributed by atoms with Gasteiger partial charge in [0.15, 0.2) is 10.4 Å². The topological polar surface area (TPSA) is 70.8 Å². The van der Waals surface area contributed by atoms with Crippen LogP contribution in [0, 0.1) is 6.92 Å². The molecule has 0 bridgehead atoms. The Morgan fingerprint density at radius 3 is 2.62 bits per heavy atom. The van der Waals surface area contributed by atoms with Gasteiger partial charge in [0, 0.05) is 19.2 Å². The number of carboxylic acid groups (broad SMARTS) is 1. The molecule has 1 N–H and O–H groups in total. The average Bonchev–Trinajstić information content (AvgIpc) is 2.53. The van der Waals surface area contributed by atoms with Gasteiger partial charge in [-0.3, -0.25) is 9.59 Å². The summed E-state index contributed by atoms with van der Waals surface area (Å²) in [6.45, 7) is 1.92. The van der Waals surface area contributed by atoms with Gasteiger partial charge in [0.1, 0.15) is 0 Å². The number of aryl methyl sites for hydroxylation is 1. The zero-order valence-corrected chi connectivity index (χ0v) is 10.6. The second-order valence-corrected chi connectivity index (χ2v) is 4.21. The number of furan rings is 1. The zero-order chi connectivity index (χ0) is 12.3. The summed E-state index contributed by atoms with van der Waals surface area (Å²) in [6, 6.07) is 1.69. The minimum absolute atomic E-state index is 0.0802. The van der Waals surface area contributed by atoms with Crippen molar-refractivity contribution < 1.29 is 19.1 Å². The first-order chi connectivity index (χ1) is 7.41. The van der Waals surface area contributed by atoms with E-state index in [9.17, 15) is 9.59 Å². The molecule has 1 aromatic rings. The van der Waals surface area contributed by atoms with Gasteiger partial charge in [-0.2, -0.15) is 0 Å². The Balaban J connectivity index is 2.70. The summed E-state index contributed by atoms with van der Waals surface area (Å²) in [5.74, 6) is -1.01. The van der Waals surface area contributed by atoms with Crippen LogP contribution in [-0.4, -0.2) is 35.5 Å². The maximum absolute atomic E-state index is 11.8. The molecule has 0 atom stereocenters. The van der Waals surface area contributed by atoms with E-state index >= 15 is 0 Å². The SMILES string of the molecule is Cc1cc(Br)oc1C(=O)N(C)CCC(=O)O. The predicted molar refractivity (Wildman–Crippen MR) is 60.4 cm³/mol. The molecular weight excluding hydrogens is 278 g/mol. The minimum Gasteiger partial charge on any atom is -0.481 e. The molecule has 0 saturated heterocycles. The van der Waals surface area contributed by atoms with E-state index in [-0.39, 0.29) is 24.6 Å². The molecule has 0 radical (unpaired) electrons. The molecular formula is C10H12BrNO4. The molecule has 1 heterocycles. The normalized spacial score (nSPS) is 10.2. The fourth-order valence-corrected chi connectivity index (χ4v) is 1.70. The summed E-state index contributed by atoms with van der Waals surface area (Å²) in [5, 5.41) is 8.50. The molecule has 1 aromatic heterocycles. The second kappa shape index (κ2) is 5.16. The lowest BCUT2D eigenvalue weighted by Crippen LogP contribution is -2.29. The summed E-state index contributed by atoms with van der Waals surface area (Å²) in [7, 11) is 1.54. The fourth-order valence-electron chi connectivity index (χ4n) is 1.19. The zero-order valence-electron chi connectivity index (χ0n) is 8.99. The highest BCUT2D eigenvalue weighted by molar-refractivity contribution is 9.10. The largest absolute Gasteiger partial charge is 0.481 e. The van der Waals surface area contributed by atoms with E-state index in [0.717, 1.165) is 5.56 Å². The Labute approximate surface area is 101 Å². The number of hydrogen-bond acceptors (Lipinski definition) is 3. The fraction of sp³-hybridized carbons (Fsp3) is 0.400. The standard InChI is InChI=1S/C10H12BrNO4/c1-6-5-7(11)16-9(6)10(15)12(2)4-3-8(13)14/h5H,3-4H2,1-2H3,(H,13,14). The quantitative estimate of drug-likeness (QED) is 0.919. The van der Waals surface area contributed by atoms with Crippen LogP contribution in [-0.2, 0) is 4.79 Å².